The van der Waals surface area contributed by atoms with Crippen LogP contribution in [0.5, 0.6) is 0 Å². The van der Waals surface area contributed by atoms with Gasteiger partial charge in [0.15, 0.2) is 0 Å². The van der Waals surface area contributed by atoms with Crippen LogP contribution >= 0.6 is 0 Å². The molecule has 0 fully saturated rings. The molecule has 136 valence electrons. The van der Waals surface area contributed by atoms with Gasteiger partial charge in [-0.05, 0) is 39.8 Å². The summed E-state index contributed by atoms with van der Waals surface area (Å²) in [4.78, 5) is 0. The van der Waals surface area contributed by atoms with Gasteiger partial charge >= 0.3 is 0 Å². The van der Waals surface area contributed by atoms with Crippen molar-refractivity contribution in [1.29, 1.82) is 0 Å². The summed E-state index contributed by atoms with van der Waals surface area (Å²) < 4.78 is 25.9. The van der Waals surface area contributed by atoms with Crippen LogP contribution in [0.1, 0.15) is 27.7 Å². The molecule has 7 nitrogen and oxygen atoms in total. The summed E-state index contributed by atoms with van der Waals surface area (Å²) in [6, 6.07) is 1.13. The van der Waals surface area contributed by atoms with E-state index in [-0.39, 0.29) is 0 Å². The van der Waals surface area contributed by atoms with E-state index >= 15 is 0 Å². The van der Waals surface area contributed by atoms with Crippen LogP contribution < -0.4 is 0 Å². The number of hydrazine groups is 2. The van der Waals surface area contributed by atoms with Crippen LogP contribution in [0, 0.1) is 0 Å². The molecule has 0 aromatic rings. The van der Waals surface area contributed by atoms with Crippen molar-refractivity contribution in [1.82, 2.24) is 20.0 Å². The summed E-state index contributed by atoms with van der Waals surface area (Å²) >= 11 is 0. The van der Waals surface area contributed by atoms with Crippen LogP contribution in [-0.2, 0) is 10.1 Å². The van der Waals surface area contributed by atoms with Gasteiger partial charge in [0.1, 0.15) is 0 Å². The second-order valence-corrected chi connectivity index (χ2v) is 7.49. The maximum atomic E-state index is 9.19. The van der Waals surface area contributed by atoms with Crippen molar-refractivity contribution in [3.8, 4) is 0 Å². The van der Waals surface area contributed by atoms with Crippen molar-refractivity contribution in [2.45, 2.75) is 39.8 Å². The Labute approximate surface area is 141 Å². The molecule has 0 amide bonds. The maximum Gasteiger partial charge on any atom is 0.261 e. The Hall–Kier alpha value is -1.09. The van der Waals surface area contributed by atoms with Crippen LogP contribution in [0.3, 0.4) is 0 Å². The molecule has 2 unspecified atom stereocenters. The molecule has 2 heterocycles. The van der Waals surface area contributed by atoms with Gasteiger partial charge in [-0.3, -0.25) is 4.55 Å². The van der Waals surface area contributed by atoms with Crippen LogP contribution in [0.25, 0.3) is 0 Å². The van der Waals surface area contributed by atoms with Gasteiger partial charge in [0.25, 0.3) is 10.1 Å². The Morgan fingerprint density at radius 1 is 0.870 bits per heavy atom. The first-order valence-corrected chi connectivity index (χ1v) is 9.32. The lowest BCUT2D eigenvalue weighted by atomic mass is 10.3. The lowest BCUT2D eigenvalue weighted by Gasteiger charge is -2.26. The van der Waals surface area contributed by atoms with Crippen LogP contribution in [0.4, 0.5) is 0 Å². The van der Waals surface area contributed by atoms with E-state index in [9.17, 15) is 8.42 Å². The number of nitrogens with zero attached hydrogens (tertiary/aromatic N) is 4. The molecule has 1 N–H and O–H groups in total. The van der Waals surface area contributed by atoms with Crippen LogP contribution in [0.15, 0.2) is 23.5 Å². The van der Waals surface area contributed by atoms with Gasteiger partial charge < -0.3 is 10.0 Å². The van der Waals surface area contributed by atoms with E-state index in [1.807, 2.05) is 0 Å². The Morgan fingerprint density at radius 2 is 1.09 bits per heavy atom. The second-order valence-electron chi connectivity index (χ2n) is 6.02. The van der Waals surface area contributed by atoms with E-state index in [2.05, 4.69) is 88.1 Å². The molecule has 8 heteroatoms. The molecule has 0 aromatic carbocycles. The van der Waals surface area contributed by atoms with Crippen molar-refractivity contribution < 1.29 is 13.0 Å². The van der Waals surface area contributed by atoms with Gasteiger partial charge in [-0.1, -0.05) is 0 Å². The first-order valence-electron chi connectivity index (χ1n) is 7.48. The predicted octanol–water partition coefficient (Wildman–Crippen LogP) is 1.65. The number of allylic oxidation sites excluding steroid dienone is 2. The molecule has 2 rings (SSSR count). The lowest BCUT2D eigenvalue weighted by Crippen LogP contribution is -2.34. The van der Waals surface area contributed by atoms with Gasteiger partial charge in [-0.15, -0.1) is 0 Å². The molecule has 2 atom stereocenters. The molecule has 0 saturated carbocycles. The SMILES string of the molecule is CC1=CC(C)N(C)N1C.CC1=CC(C)N(C)N1C.CS(=O)(=O)O. The van der Waals surface area contributed by atoms with Crippen LogP contribution in [0.2, 0.25) is 0 Å². The fourth-order valence-corrected chi connectivity index (χ4v) is 2.17. The predicted molar refractivity (Wildman–Crippen MR) is 95.0 cm³/mol. The Morgan fingerprint density at radius 3 is 1.13 bits per heavy atom. The number of rotatable bonds is 0. The first kappa shape index (κ1) is 21.9. The van der Waals surface area contributed by atoms with E-state index in [0.717, 1.165) is 0 Å². The van der Waals surface area contributed by atoms with E-state index in [1.54, 1.807) is 0 Å². The van der Waals surface area contributed by atoms with Crippen molar-refractivity contribution in [2.24, 2.45) is 0 Å². The highest BCUT2D eigenvalue weighted by molar-refractivity contribution is 7.85. The average Bonchev–Trinajstić information content (AvgIpc) is 2.74. The summed E-state index contributed by atoms with van der Waals surface area (Å²) in [6.07, 6.45) is 5.22. The van der Waals surface area contributed by atoms with E-state index in [4.69, 9.17) is 4.55 Å². The Bertz CT molecular complexity index is 503. The largest absolute Gasteiger partial charge is 0.313 e. The molecule has 0 aromatic heterocycles. The zero-order valence-corrected chi connectivity index (χ0v) is 16.6. The highest BCUT2D eigenvalue weighted by Crippen LogP contribution is 2.17. The monoisotopic (exact) mass is 348 g/mol. The van der Waals surface area contributed by atoms with Gasteiger partial charge in [0.05, 0.1) is 6.26 Å². The standard InChI is InChI=1S/2C7H14N2.CH4O3S/c2*1-6-5-7(2)9(4)8(6)3;1-5(2,3)4/h2*5-6H,1-4H3;1H3,(H,2,3,4). The van der Waals surface area contributed by atoms with E-state index in [1.165, 1.54) is 11.4 Å². The molecule has 0 spiro atoms. The quantitative estimate of drug-likeness (QED) is 0.668. The third kappa shape index (κ3) is 7.83. The molecule has 0 saturated heterocycles. The van der Waals surface area contributed by atoms with Crippen molar-refractivity contribution in [2.75, 3.05) is 34.4 Å². The van der Waals surface area contributed by atoms with E-state index in [0.29, 0.717) is 18.3 Å². The topological polar surface area (TPSA) is 67.3 Å². The van der Waals surface area contributed by atoms with Gasteiger partial charge in [0.2, 0.25) is 0 Å². The normalized spacial score (nSPS) is 25.3. The first-order chi connectivity index (χ1) is 10.3. The number of likely N-dealkylation sites (N-methyl/N-ethyl adjacent to an activating group) is 2. The maximum absolute atomic E-state index is 9.19. The summed E-state index contributed by atoms with van der Waals surface area (Å²) in [6.45, 7) is 8.62. The summed E-state index contributed by atoms with van der Waals surface area (Å²) in [5.74, 6) is 0. The zero-order chi connectivity index (χ0) is 18.5. The zero-order valence-electron chi connectivity index (χ0n) is 15.8. The minimum absolute atomic E-state index is 0.565. The smallest absolute Gasteiger partial charge is 0.261 e. The molecule has 0 radical (unpaired) electrons. The van der Waals surface area contributed by atoms with Crippen molar-refractivity contribution in [3.63, 3.8) is 0 Å². The molecule has 2 aliphatic rings. The fraction of sp³-hybridized carbons (Fsp3) is 0.733. The van der Waals surface area contributed by atoms with Crippen molar-refractivity contribution in [3.05, 3.63) is 23.5 Å². The third-order valence-corrected chi connectivity index (χ3v) is 4.11. The highest BCUT2D eigenvalue weighted by atomic mass is 32.2. The van der Waals surface area contributed by atoms with Gasteiger partial charge in [0, 0.05) is 51.7 Å². The lowest BCUT2D eigenvalue weighted by molar-refractivity contribution is 0.0693. The summed E-state index contributed by atoms with van der Waals surface area (Å²) in [5, 5.41) is 8.72. The second kappa shape index (κ2) is 8.68. The van der Waals surface area contributed by atoms with Crippen LogP contribution in [-0.4, -0.2) is 79.5 Å². The minimum atomic E-state index is -3.67. The van der Waals surface area contributed by atoms with Gasteiger partial charge in [-0.2, -0.15) is 8.42 Å². The third-order valence-electron chi connectivity index (χ3n) is 4.11. The molecule has 0 bridgehead atoms. The molecular formula is C15H32N4O3S. The molecule has 0 aliphatic carbocycles. The van der Waals surface area contributed by atoms with Gasteiger partial charge in [-0.25, -0.2) is 10.0 Å². The average molecular weight is 349 g/mol. The van der Waals surface area contributed by atoms with E-state index < -0.39 is 10.1 Å². The highest BCUT2D eigenvalue weighted by Gasteiger charge is 2.19. The molecule has 2 aliphatic heterocycles. The fourth-order valence-electron chi connectivity index (χ4n) is 2.17. The number of hydrogen-bond donors (Lipinski definition) is 1. The molecular weight excluding hydrogens is 316 g/mol. The van der Waals surface area contributed by atoms with Crippen molar-refractivity contribution >= 4 is 10.1 Å². The Balaban J connectivity index is 0.000000332. The number of hydrogen-bond acceptors (Lipinski definition) is 6. The molecule has 23 heavy (non-hydrogen) atoms. The summed E-state index contributed by atoms with van der Waals surface area (Å²) in [5.41, 5.74) is 2.68. The minimum Gasteiger partial charge on any atom is -0.313 e. The summed E-state index contributed by atoms with van der Waals surface area (Å²) in [7, 11) is 4.68. The Kier molecular flexibility index (Phi) is 8.26.